The van der Waals surface area contributed by atoms with Crippen LogP contribution in [0.3, 0.4) is 0 Å². The molecule has 0 unspecified atom stereocenters. The van der Waals surface area contributed by atoms with Gasteiger partial charge in [0, 0.05) is 25.0 Å². The number of pyridine rings is 1. The molecule has 1 aromatic carbocycles. The van der Waals surface area contributed by atoms with E-state index in [9.17, 15) is 35.9 Å². The third-order valence-corrected chi connectivity index (χ3v) is 5.30. The smallest absolute Gasteiger partial charge is 0.418 e. The lowest BCUT2D eigenvalue weighted by Gasteiger charge is -2.23. The third kappa shape index (κ3) is 6.79. The first-order chi connectivity index (χ1) is 15.3. The number of carbonyl (C=O) groups is 2. The van der Waals surface area contributed by atoms with Crippen LogP contribution in [0.5, 0.6) is 0 Å². The lowest BCUT2D eigenvalue weighted by Crippen LogP contribution is -2.26. The van der Waals surface area contributed by atoms with Crippen molar-refractivity contribution >= 4 is 11.8 Å². The van der Waals surface area contributed by atoms with Crippen molar-refractivity contribution < 1.29 is 40.7 Å². The largest absolute Gasteiger partial charge is 0.469 e. The van der Waals surface area contributed by atoms with Crippen LogP contribution < -0.4 is 0 Å². The Bertz CT molecular complexity index is 967. The normalized spacial score (nSPS) is 14.1. The number of rotatable bonds is 8. The standard InChI is InChI=1S/C23H23F6NO3/c1-13(2)17(21(32)33-3)11-16(31)12-18(14-6-8-15(9-7-14)22(24,25)26)20-19(23(27,28)29)5-4-10-30-20/h4-10,13,17-18H,11-12H2,1-3H3/t17-,18-/m0/s1. The first kappa shape index (κ1) is 26.3. The van der Waals surface area contributed by atoms with Gasteiger partial charge in [-0.1, -0.05) is 26.0 Å². The van der Waals surface area contributed by atoms with Crippen LogP contribution in [-0.2, 0) is 26.7 Å². The molecule has 4 nitrogen and oxygen atoms in total. The molecule has 1 aromatic heterocycles. The van der Waals surface area contributed by atoms with Crippen molar-refractivity contribution in [2.75, 3.05) is 7.11 Å². The lowest BCUT2D eigenvalue weighted by atomic mass is 9.83. The van der Waals surface area contributed by atoms with E-state index in [2.05, 4.69) is 4.98 Å². The second-order valence-electron chi connectivity index (χ2n) is 7.93. The number of halogens is 6. The molecule has 0 radical (unpaired) electrons. The van der Waals surface area contributed by atoms with Gasteiger partial charge in [-0.15, -0.1) is 0 Å². The Morgan fingerprint density at radius 3 is 2.03 bits per heavy atom. The molecule has 2 rings (SSSR count). The summed E-state index contributed by atoms with van der Waals surface area (Å²) in [5.74, 6) is -3.50. The molecule has 0 fully saturated rings. The second kappa shape index (κ2) is 10.4. The van der Waals surface area contributed by atoms with Crippen molar-refractivity contribution in [3.8, 4) is 0 Å². The summed E-state index contributed by atoms with van der Waals surface area (Å²) in [6, 6.07) is 5.45. The first-order valence-electron chi connectivity index (χ1n) is 10.0. The number of benzene rings is 1. The van der Waals surface area contributed by atoms with Crippen LogP contribution in [-0.4, -0.2) is 23.8 Å². The van der Waals surface area contributed by atoms with Crippen LogP contribution in [0.25, 0.3) is 0 Å². The van der Waals surface area contributed by atoms with Gasteiger partial charge in [0.15, 0.2) is 0 Å². The number of nitrogens with zero attached hydrogens (tertiary/aromatic N) is 1. The summed E-state index contributed by atoms with van der Waals surface area (Å²) in [4.78, 5) is 28.6. The molecule has 10 heteroatoms. The summed E-state index contributed by atoms with van der Waals surface area (Å²) in [5, 5.41) is 0. The van der Waals surface area contributed by atoms with Gasteiger partial charge in [0.1, 0.15) is 5.78 Å². The Kier molecular flexibility index (Phi) is 8.26. The predicted molar refractivity (Wildman–Crippen MR) is 107 cm³/mol. The SMILES string of the molecule is COC(=O)[C@@H](CC(=O)C[C@@H](c1ccc(C(F)(F)F)cc1)c1ncccc1C(F)(F)F)C(C)C. The fourth-order valence-corrected chi connectivity index (χ4v) is 3.51. The zero-order chi connectivity index (χ0) is 25.0. The number of ketones is 1. The molecule has 2 atom stereocenters. The quantitative estimate of drug-likeness (QED) is 0.345. The van der Waals surface area contributed by atoms with Crippen LogP contribution in [0, 0.1) is 11.8 Å². The highest BCUT2D eigenvalue weighted by Gasteiger charge is 2.38. The highest BCUT2D eigenvalue weighted by Crippen LogP contribution is 2.39. The molecule has 0 amide bonds. The van der Waals surface area contributed by atoms with E-state index in [-0.39, 0.29) is 17.9 Å². The summed E-state index contributed by atoms with van der Waals surface area (Å²) in [6.45, 7) is 3.39. The Hall–Kier alpha value is -2.91. The van der Waals surface area contributed by atoms with Crippen molar-refractivity contribution in [1.29, 1.82) is 0 Å². The van der Waals surface area contributed by atoms with Gasteiger partial charge in [-0.3, -0.25) is 14.6 Å². The van der Waals surface area contributed by atoms with Gasteiger partial charge in [0.05, 0.1) is 29.8 Å². The van der Waals surface area contributed by atoms with E-state index < -0.39 is 59.2 Å². The minimum Gasteiger partial charge on any atom is -0.469 e. The number of hydrogen-bond donors (Lipinski definition) is 0. The topological polar surface area (TPSA) is 56.3 Å². The zero-order valence-corrected chi connectivity index (χ0v) is 18.1. The number of carbonyl (C=O) groups excluding carboxylic acids is 2. The van der Waals surface area contributed by atoms with Crippen LogP contribution in [0.2, 0.25) is 0 Å². The van der Waals surface area contributed by atoms with Crippen LogP contribution in [0.4, 0.5) is 26.3 Å². The van der Waals surface area contributed by atoms with Crippen molar-refractivity contribution in [3.63, 3.8) is 0 Å². The highest BCUT2D eigenvalue weighted by molar-refractivity contribution is 5.85. The fraction of sp³-hybridized carbons (Fsp3) is 0.435. The first-order valence-corrected chi connectivity index (χ1v) is 10.0. The highest BCUT2D eigenvalue weighted by atomic mass is 19.4. The van der Waals surface area contributed by atoms with Crippen molar-refractivity contribution in [2.24, 2.45) is 11.8 Å². The van der Waals surface area contributed by atoms with E-state index in [1.807, 2.05) is 0 Å². The summed E-state index contributed by atoms with van der Waals surface area (Å²) in [6.07, 6.45) is -9.06. The number of Topliss-reactive ketones (excluding diaryl/α,β-unsaturated/α-hetero) is 1. The maximum Gasteiger partial charge on any atom is 0.418 e. The van der Waals surface area contributed by atoms with E-state index >= 15 is 0 Å². The van der Waals surface area contributed by atoms with Gasteiger partial charge < -0.3 is 4.74 Å². The lowest BCUT2D eigenvalue weighted by molar-refractivity contribution is -0.148. The van der Waals surface area contributed by atoms with Crippen molar-refractivity contribution in [1.82, 2.24) is 4.98 Å². The number of methoxy groups -OCH3 is 1. The molecule has 0 aliphatic rings. The fourth-order valence-electron chi connectivity index (χ4n) is 3.51. The van der Waals surface area contributed by atoms with Gasteiger partial charge in [-0.25, -0.2) is 0 Å². The van der Waals surface area contributed by atoms with E-state index in [1.165, 1.54) is 0 Å². The second-order valence-corrected chi connectivity index (χ2v) is 7.93. The number of aromatic nitrogens is 1. The van der Waals surface area contributed by atoms with E-state index in [1.54, 1.807) is 13.8 Å². The average molecular weight is 475 g/mol. The van der Waals surface area contributed by atoms with Crippen molar-refractivity contribution in [3.05, 3.63) is 65.0 Å². The summed E-state index contributed by atoms with van der Waals surface area (Å²) in [5.41, 5.74) is -2.47. The molecule has 0 saturated carbocycles. The molecule has 33 heavy (non-hydrogen) atoms. The van der Waals surface area contributed by atoms with Gasteiger partial charge >= 0.3 is 18.3 Å². The Morgan fingerprint density at radius 2 is 1.55 bits per heavy atom. The van der Waals surface area contributed by atoms with Gasteiger partial charge in [-0.05, 0) is 35.7 Å². The summed E-state index contributed by atoms with van der Waals surface area (Å²) < 4.78 is 84.4. The third-order valence-electron chi connectivity index (χ3n) is 5.30. The average Bonchev–Trinajstić information content (AvgIpc) is 2.74. The minimum absolute atomic E-state index is 0.0692. The molecule has 0 aliphatic heterocycles. The zero-order valence-electron chi connectivity index (χ0n) is 18.1. The number of hydrogen-bond acceptors (Lipinski definition) is 4. The van der Waals surface area contributed by atoms with Crippen LogP contribution >= 0.6 is 0 Å². The molecule has 0 N–H and O–H groups in total. The Morgan fingerprint density at radius 1 is 0.939 bits per heavy atom. The van der Waals surface area contributed by atoms with Gasteiger partial charge in [0.25, 0.3) is 0 Å². The molecule has 0 saturated heterocycles. The maximum absolute atomic E-state index is 13.6. The summed E-state index contributed by atoms with van der Waals surface area (Å²) >= 11 is 0. The van der Waals surface area contributed by atoms with E-state index in [4.69, 9.17) is 4.74 Å². The predicted octanol–water partition coefficient (Wildman–Crippen LogP) is 6.05. The van der Waals surface area contributed by atoms with Crippen LogP contribution in [0.15, 0.2) is 42.6 Å². The summed E-state index contributed by atoms with van der Waals surface area (Å²) in [7, 11) is 1.16. The Labute approximate surface area is 187 Å². The molecule has 0 aliphatic carbocycles. The van der Waals surface area contributed by atoms with Crippen LogP contribution in [0.1, 0.15) is 55.0 Å². The molecule has 1 heterocycles. The molecule has 0 spiro atoms. The number of ether oxygens (including phenoxy) is 1. The van der Waals surface area contributed by atoms with E-state index in [0.29, 0.717) is 0 Å². The van der Waals surface area contributed by atoms with Gasteiger partial charge in [0.2, 0.25) is 0 Å². The molecule has 2 aromatic rings. The monoisotopic (exact) mass is 475 g/mol. The van der Waals surface area contributed by atoms with Gasteiger partial charge in [-0.2, -0.15) is 26.3 Å². The number of alkyl halides is 6. The molecule has 0 bridgehead atoms. The minimum atomic E-state index is -4.79. The van der Waals surface area contributed by atoms with E-state index in [0.717, 1.165) is 49.7 Å². The Balaban J connectivity index is 2.49. The molecular weight excluding hydrogens is 452 g/mol. The van der Waals surface area contributed by atoms with Crippen molar-refractivity contribution in [2.45, 2.75) is 45.0 Å². The molecule has 180 valence electrons. The number of esters is 1. The molecular formula is C23H23F6NO3. The maximum atomic E-state index is 13.6.